The molecular formula is C8H16O6P4. The van der Waals surface area contributed by atoms with Crippen LogP contribution in [-0.4, -0.2) is 50.0 Å². The van der Waals surface area contributed by atoms with E-state index in [0.717, 1.165) is 0 Å². The van der Waals surface area contributed by atoms with Crippen LogP contribution in [0.3, 0.4) is 0 Å². The first kappa shape index (κ1) is 17.0. The summed E-state index contributed by atoms with van der Waals surface area (Å²) in [5.41, 5.74) is -0.952. The molecule has 0 aromatic rings. The van der Waals surface area contributed by atoms with Crippen LogP contribution in [-0.2, 0) is 27.7 Å². The van der Waals surface area contributed by atoms with Crippen LogP contribution in [0, 0.1) is 0 Å². The van der Waals surface area contributed by atoms with Gasteiger partial charge in [0, 0.05) is 33.2 Å². The zero-order chi connectivity index (χ0) is 13.7. The summed E-state index contributed by atoms with van der Waals surface area (Å²) in [5.74, 6) is 0. The van der Waals surface area contributed by atoms with Crippen molar-refractivity contribution >= 4 is 35.9 Å². The summed E-state index contributed by atoms with van der Waals surface area (Å²) in [6.45, 7) is 0. The van der Waals surface area contributed by atoms with Crippen molar-refractivity contribution in [1.29, 1.82) is 0 Å². The van der Waals surface area contributed by atoms with E-state index in [1.807, 2.05) is 0 Å². The zero-order valence-electron chi connectivity index (χ0n) is 9.96. The first-order chi connectivity index (χ1) is 8.69. The minimum absolute atomic E-state index is 0.145. The van der Waals surface area contributed by atoms with Gasteiger partial charge in [-0.3, -0.25) is 9.13 Å². The number of hydrogen-bond acceptors (Lipinski definition) is 6. The number of hydrogen-bond donors (Lipinski definition) is 0. The van der Waals surface area contributed by atoms with Crippen LogP contribution < -0.4 is 0 Å². The van der Waals surface area contributed by atoms with Gasteiger partial charge in [-0.2, -0.15) is 0 Å². The lowest BCUT2D eigenvalue weighted by atomic mass is 9.88. The van der Waals surface area contributed by atoms with Gasteiger partial charge < -0.3 is 18.5 Å². The van der Waals surface area contributed by atoms with Gasteiger partial charge in [0.15, 0.2) is 16.9 Å². The average molecular weight is 332 g/mol. The summed E-state index contributed by atoms with van der Waals surface area (Å²) in [5, 5.41) is 0. The first-order valence-corrected chi connectivity index (χ1v) is 7.82. The second kappa shape index (κ2) is 8.25. The lowest BCUT2D eigenvalue weighted by molar-refractivity contribution is -0.112. The summed E-state index contributed by atoms with van der Waals surface area (Å²) in [7, 11) is 6.96. The van der Waals surface area contributed by atoms with E-state index in [9.17, 15) is 9.13 Å². The highest BCUT2D eigenvalue weighted by Gasteiger charge is 2.53. The van der Waals surface area contributed by atoms with Crippen molar-refractivity contribution in [3.63, 3.8) is 0 Å². The highest BCUT2D eigenvalue weighted by Crippen LogP contribution is 2.41. The fraction of sp³-hybridized carbons (Fsp3) is 1.00. The third kappa shape index (κ3) is 3.14. The Balaban J connectivity index is 3.14. The predicted octanol–water partition coefficient (Wildman–Crippen LogP) is 1.70. The summed E-state index contributed by atoms with van der Waals surface area (Å²) in [6, 6.07) is 0. The maximum Gasteiger partial charge on any atom is 0.164 e. The molecule has 0 amide bonds. The third-order valence-corrected chi connectivity index (χ3v) is 5.39. The van der Waals surface area contributed by atoms with E-state index >= 15 is 0 Å². The molecule has 0 spiro atoms. The van der Waals surface area contributed by atoms with Gasteiger partial charge in [0.2, 0.25) is 0 Å². The smallest absolute Gasteiger partial charge is 0.164 e. The van der Waals surface area contributed by atoms with Crippen LogP contribution in [0.2, 0.25) is 0 Å². The molecule has 5 unspecified atom stereocenters. The second-order valence-electron chi connectivity index (χ2n) is 3.79. The molecule has 1 rings (SSSR count). The molecule has 1 saturated carbocycles. The van der Waals surface area contributed by atoms with Crippen LogP contribution in [0.25, 0.3) is 0 Å². The molecule has 0 N–H and O–H groups in total. The summed E-state index contributed by atoms with van der Waals surface area (Å²) in [4.78, 5) is 0. The minimum atomic E-state index is -0.528. The Morgan fingerprint density at radius 3 is 1.39 bits per heavy atom. The Hall–Kier alpha value is 0.900. The van der Waals surface area contributed by atoms with Crippen molar-refractivity contribution in [3.05, 3.63) is 0 Å². The second-order valence-corrected chi connectivity index (χ2v) is 5.95. The topological polar surface area (TPSA) is 71.1 Å². The maximum absolute atomic E-state index is 11.3. The van der Waals surface area contributed by atoms with Crippen LogP contribution in [0.1, 0.15) is 0 Å². The fourth-order valence-corrected chi connectivity index (χ4v) is 4.88. The van der Waals surface area contributed by atoms with E-state index in [4.69, 9.17) is 18.5 Å². The van der Waals surface area contributed by atoms with Crippen LogP contribution in [0.5, 0.6) is 0 Å². The maximum atomic E-state index is 11.3. The van der Waals surface area contributed by atoms with E-state index in [-0.39, 0.29) is 16.9 Å². The number of methoxy groups -OCH3 is 2. The van der Waals surface area contributed by atoms with Gasteiger partial charge >= 0.3 is 0 Å². The van der Waals surface area contributed by atoms with Gasteiger partial charge in [-0.15, -0.1) is 0 Å². The molecule has 0 heterocycles. The molecule has 0 aromatic carbocycles. The largest absolute Gasteiger partial charge is 0.377 e. The van der Waals surface area contributed by atoms with Gasteiger partial charge in [0.1, 0.15) is 18.3 Å². The lowest BCUT2D eigenvalue weighted by Crippen LogP contribution is -2.61. The van der Waals surface area contributed by atoms with Gasteiger partial charge in [0.05, 0.1) is 17.4 Å². The number of ether oxygens (including phenoxy) is 2. The molecule has 1 aliphatic carbocycles. The van der Waals surface area contributed by atoms with E-state index in [2.05, 4.69) is 18.9 Å². The molecule has 0 bridgehead atoms. The molecule has 1 aliphatic rings. The Bertz CT molecular complexity index is 269. The zero-order valence-corrected chi connectivity index (χ0v) is 14.1. The van der Waals surface area contributed by atoms with Crippen molar-refractivity contribution < 1.29 is 27.7 Å². The quantitative estimate of drug-likeness (QED) is 0.690. The van der Waals surface area contributed by atoms with Crippen molar-refractivity contribution in [2.24, 2.45) is 0 Å². The van der Waals surface area contributed by atoms with E-state index in [1.54, 1.807) is 0 Å². The van der Waals surface area contributed by atoms with Crippen LogP contribution in [0.4, 0.5) is 0 Å². The SMILES string of the molecule is COC1C(P=O)[C@@H](OP)[C@H](P=O)C(OC)[C@@H]1OP. The van der Waals surface area contributed by atoms with Crippen LogP contribution in [0.15, 0.2) is 0 Å². The molecule has 1 fully saturated rings. The molecular weight excluding hydrogens is 316 g/mol. The van der Waals surface area contributed by atoms with Crippen molar-refractivity contribution in [2.75, 3.05) is 14.2 Å². The Labute approximate surface area is 114 Å². The van der Waals surface area contributed by atoms with E-state index < -0.39 is 35.7 Å². The van der Waals surface area contributed by atoms with Crippen molar-refractivity contribution in [1.82, 2.24) is 0 Å². The molecule has 6 nitrogen and oxygen atoms in total. The van der Waals surface area contributed by atoms with Gasteiger partial charge in [0.25, 0.3) is 0 Å². The Kier molecular flexibility index (Phi) is 7.77. The molecule has 0 aliphatic heterocycles. The summed E-state index contributed by atoms with van der Waals surface area (Å²) in [6.07, 6.45) is -1.97. The molecule has 18 heavy (non-hydrogen) atoms. The highest BCUT2D eigenvalue weighted by molar-refractivity contribution is 7.26. The van der Waals surface area contributed by atoms with Gasteiger partial charge in [-0.1, -0.05) is 0 Å². The normalized spacial score (nSPS) is 41.3. The van der Waals surface area contributed by atoms with Gasteiger partial charge in [-0.25, -0.2) is 0 Å². The predicted molar refractivity (Wildman–Crippen MR) is 73.5 cm³/mol. The van der Waals surface area contributed by atoms with E-state index in [1.165, 1.54) is 14.2 Å². The van der Waals surface area contributed by atoms with Crippen molar-refractivity contribution in [3.8, 4) is 0 Å². The fourth-order valence-electron chi connectivity index (χ4n) is 2.25. The Morgan fingerprint density at radius 1 is 0.778 bits per heavy atom. The molecule has 0 radical (unpaired) electrons. The Morgan fingerprint density at radius 2 is 1.17 bits per heavy atom. The molecule has 10 heteroatoms. The summed E-state index contributed by atoms with van der Waals surface area (Å²) < 4.78 is 43.9. The standard InChI is InChI=1S/C8H16O6P4/c1-11-4-3(13-15)5(12-2)8(18-10)6(14-16)7(4)17-9/h3-8H,15-16H2,1-2H3/t3-,4?,5?,6-,7+,8?/m0/s1. The van der Waals surface area contributed by atoms with Crippen LogP contribution >= 0.6 is 35.9 Å². The van der Waals surface area contributed by atoms with E-state index in [0.29, 0.717) is 0 Å². The highest BCUT2D eigenvalue weighted by atomic mass is 31.1. The number of rotatable bonds is 6. The minimum Gasteiger partial charge on any atom is -0.377 e. The monoisotopic (exact) mass is 332 g/mol. The van der Waals surface area contributed by atoms with Crippen molar-refractivity contribution in [2.45, 2.75) is 35.7 Å². The molecule has 0 saturated heterocycles. The molecule has 0 aromatic heterocycles. The molecule has 8 atom stereocenters. The average Bonchev–Trinajstić information content (AvgIpc) is 2.43. The third-order valence-electron chi connectivity index (χ3n) is 3.10. The van der Waals surface area contributed by atoms with Gasteiger partial charge in [-0.05, 0) is 0 Å². The summed E-state index contributed by atoms with van der Waals surface area (Å²) >= 11 is 0. The molecule has 104 valence electrons. The first-order valence-electron chi connectivity index (χ1n) is 5.11. The lowest BCUT2D eigenvalue weighted by Gasteiger charge is -2.44.